The minimum absolute atomic E-state index is 0. The zero-order chi connectivity index (χ0) is 23.7. The number of hydrogen-bond donors (Lipinski definition) is 3. The van der Waals surface area contributed by atoms with Crippen LogP contribution >= 0.6 is 12.4 Å². The quantitative estimate of drug-likeness (QED) is 0.510. The molecule has 3 unspecified atom stereocenters. The van der Waals surface area contributed by atoms with Crippen molar-refractivity contribution in [2.24, 2.45) is 18.7 Å². The van der Waals surface area contributed by atoms with Crippen LogP contribution in [-0.2, 0) is 18.3 Å². The van der Waals surface area contributed by atoms with Crippen molar-refractivity contribution in [2.75, 3.05) is 29.3 Å². The number of nitrogens with zero attached hydrogens (tertiary/aromatic N) is 3. The fourth-order valence-corrected chi connectivity index (χ4v) is 4.53. The number of anilines is 2. The first-order valence-corrected chi connectivity index (χ1v) is 10.6. The molecule has 1 fully saturated rings. The van der Waals surface area contributed by atoms with E-state index in [1.165, 1.54) is 26.1 Å². The van der Waals surface area contributed by atoms with Crippen molar-refractivity contribution in [1.82, 2.24) is 9.47 Å². The van der Waals surface area contributed by atoms with Crippen LogP contribution < -0.4 is 15.4 Å². The summed E-state index contributed by atoms with van der Waals surface area (Å²) in [5, 5.41) is 11.7. The second-order valence-electron chi connectivity index (χ2n) is 7.50. The molecule has 1 aromatic heterocycles. The van der Waals surface area contributed by atoms with Crippen LogP contribution in [0.2, 0.25) is 0 Å². The van der Waals surface area contributed by atoms with E-state index in [2.05, 4.69) is 5.32 Å². The number of hydrogen-bond acceptors (Lipinski definition) is 5. The summed E-state index contributed by atoms with van der Waals surface area (Å²) in [6.45, 7) is 1.28. The molecule has 3 atom stereocenters. The Morgan fingerprint density at radius 3 is 2.58 bits per heavy atom. The number of aromatic nitrogens is 1. The SMILES string of the molecule is Cc1cc(NC(=O)c2c(F)c(N(C3CN(C(=O)O)CC3CN)S(=O)[O-])cn2C)ccc1F.Cl. The van der Waals surface area contributed by atoms with E-state index in [-0.39, 0.29) is 43.3 Å². The summed E-state index contributed by atoms with van der Waals surface area (Å²) in [7, 11) is 1.36. The lowest BCUT2D eigenvalue weighted by Gasteiger charge is -2.33. The Bertz CT molecular complexity index is 1090. The van der Waals surface area contributed by atoms with Gasteiger partial charge in [-0.3, -0.25) is 13.3 Å². The molecule has 182 valence electrons. The Kier molecular flexibility index (Phi) is 8.41. The summed E-state index contributed by atoms with van der Waals surface area (Å²) in [5.41, 5.74) is 5.35. The highest BCUT2D eigenvalue weighted by molar-refractivity contribution is 7.80. The van der Waals surface area contributed by atoms with Gasteiger partial charge in [-0.15, -0.1) is 12.4 Å². The number of amides is 2. The topological polar surface area (TPSA) is 144 Å². The number of benzene rings is 1. The third kappa shape index (κ3) is 5.27. The normalized spacial score (nSPS) is 18.5. The number of nitrogens with two attached hydrogens (primary N) is 1. The summed E-state index contributed by atoms with van der Waals surface area (Å²) >= 11 is -2.98. The molecule has 1 aliphatic heterocycles. The first kappa shape index (κ1) is 26.5. The molecule has 0 saturated carbocycles. The van der Waals surface area contributed by atoms with E-state index in [9.17, 15) is 27.8 Å². The molecule has 0 radical (unpaired) electrons. The number of likely N-dealkylation sites (tertiary alicyclic amines) is 1. The van der Waals surface area contributed by atoms with E-state index < -0.39 is 58.2 Å². The van der Waals surface area contributed by atoms with E-state index in [4.69, 9.17) is 5.73 Å². The minimum Gasteiger partial charge on any atom is -0.755 e. The molecule has 4 N–H and O–H groups in total. The number of halogens is 3. The van der Waals surface area contributed by atoms with Gasteiger partial charge in [-0.2, -0.15) is 0 Å². The molecule has 2 heterocycles. The zero-order valence-corrected chi connectivity index (χ0v) is 19.3. The number of nitrogens with one attached hydrogen (secondary N) is 1. The lowest BCUT2D eigenvalue weighted by atomic mass is 10.0. The maximum Gasteiger partial charge on any atom is 0.407 e. The van der Waals surface area contributed by atoms with Gasteiger partial charge in [0.15, 0.2) is 5.82 Å². The Labute approximate surface area is 197 Å². The highest BCUT2D eigenvalue weighted by atomic mass is 35.5. The molecular weight excluding hydrogens is 484 g/mol. The second-order valence-corrected chi connectivity index (χ2v) is 8.33. The molecule has 1 aromatic carbocycles. The highest BCUT2D eigenvalue weighted by Crippen LogP contribution is 2.32. The molecule has 2 amide bonds. The van der Waals surface area contributed by atoms with Crippen molar-refractivity contribution < 1.29 is 32.2 Å². The number of carbonyl (C=O) groups is 2. The number of carboxylic acid groups (broad SMARTS) is 1. The van der Waals surface area contributed by atoms with Crippen LogP contribution in [0.25, 0.3) is 0 Å². The van der Waals surface area contributed by atoms with Crippen molar-refractivity contribution in [1.29, 1.82) is 0 Å². The van der Waals surface area contributed by atoms with Crippen LogP contribution in [0.1, 0.15) is 16.1 Å². The summed E-state index contributed by atoms with van der Waals surface area (Å²) in [6, 6.07) is 2.90. The molecule has 1 aliphatic rings. The van der Waals surface area contributed by atoms with E-state index in [1.54, 1.807) is 0 Å². The highest BCUT2D eigenvalue weighted by Gasteiger charge is 2.40. The summed E-state index contributed by atoms with van der Waals surface area (Å²) in [4.78, 5) is 25.0. The third-order valence-electron chi connectivity index (χ3n) is 5.41. The van der Waals surface area contributed by atoms with Crippen molar-refractivity contribution in [3.8, 4) is 0 Å². The summed E-state index contributed by atoms with van der Waals surface area (Å²) < 4.78 is 54.7. The molecule has 10 nitrogen and oxygen atoms in total. The average molecular weight is 507 g/mol. The summed E-state index contributed by atoms with van der Waals surface area (Å²) in [5.74, 6) is -3.00. The van der Waals surface area contributed by atoms with Gasteiger partial charge in [-0.1, -0.05) is 0 Å². The Morgan fingerprint density at radius 2 is 2.03 bits per heavy atom. The average Bonchev–Trinajstić information content (AvgIpc) is 3.26. The van der Waals surface area contributed by atoms with Gasteiger partial charge < -0.3 is 30.2 Å². The largest absolute Gasteiger partial charge is 0.755 e. The Balaban J connectivity index is 0.00000385. The van der Waals surface area contributed by atoms with Gasteiger partial charge in [-0.05, 0) is 37.2 Å². The fraction of sp³-hybridized carbons (Fsp3) is 0.368. The second kappa shape index (κ2) is 10.5. The minimum atomic E-state index is -2.98. The monoisotopic (exact) mass is 506 g/mol. The van der Waals surface area contributed by atoms with Gasteiger partial charge in [0.2, 0.25) is 0 Å². The fourth-order valence-electron chi connectivity index (χ4n) is 3.78. The first-order chi connectivity index (χ1) is 15.0. The van der Waals surface area contributed by atoms with E-state index in [1.807, 2.05) is 0 Å². The van der Waals surface area contributed by atoms with Crippen molar-refractivity contribution >= 4 is 47.0 Å². The van der Waals surface area contributed by atoms with E-state index in [0.717, 1.165) is 21.7 Å². The molecule has 1 saturated heterocycles. The predicted octanol–water partition coefficient (Wildman–Crippen LogP) is 1.82. The van der Waals surface area contributed by atoms with Gasteiger partial charge in [0.1, 0.15) is 17.2 Å². The molecule has 14 heteroatoms. The van der Waals surface area contributed by atoms with Gasteiger partial charge >= 0.3 is 6.09 Å². The Hall–Kier alpha value is -2.74. The lowest BCUT2D eigenvalue weighted by molar-refractivity contribution is 0.101. The van der Waals surface area contributed by atoms with Crippen molar-refractivity contribution in [3.05, 3.63) is 47.3 Å². The number of aryl methyl sites for hydroxylation is 2. The van der Waals surface area contributed by atoms with Gasteiger partial charge in [0, 0.05) is 49.2 Å². The van der Waals surface area contributed by atoms with E-state index in [0.29, 0.717) is 4.31 Å². The molecule has 0 aliphatic carbocycles. The van der Waals surface area contributed by atoms with Gasteiger partial charge in [0.25, 0.3) is 5.91 Å². The van der Waals surface area contributed by atoms with Crippen molar-refractivity contribution in [2.45, 2.75) is 13.0 Å². The lowest BCUT2D eigenvalue weighted by Crippen LogP contribution is -2.44. The van der Waals surface area contributed by atoms with Crippen LogP contribution in [0.15, 0.2) is 24.4 Å². The smallest absolute Gasteiger partial charge is 0.407 e. The summed E-state index contributed by atoms with van der Waals surface area (Å²) in [6.07, 6.45) is -0.113. The molecule has 3 rings (SSSR count). The van der Waals surface area contributed by atoms with Crippen LogP contribution in [0.4, 0.5) is 25.0 Å². The van der Waals surface area contributed by atoms with Crippen LogP contribution in [0.5, 0.6) is 0 Å². The molecular formula is C19H23ClF2N5O5S-. The predicted molar refractivity (Wildman–Crippen MR) is 119 cm³/mol. The molecule has 33 heavy (non-hydrogen) atoms. The Morgan fingerprint density at radius 1 is 1.36 bits per heavy atom. The van der Waals surface area contributed by atoms with Crippen LogP contribution in [0.3, 0.4) is 0 Å². The van der Waals surface area contributed by atoms with Gasteiger partial charge in [0.05, 0.1) is 6.04 Å². The number of rotatable bonds is 6. The third-order valence-corrected chi connectivity index (χ3v) is 6.20. The van der Waals surface area contributed by atoms with Crippen LogP contribution in [-0.4, -0.2) is 61.0 Å². The van der Waals surface area contributed by atoms with E-state index >= 15 is 4.39 Å². The maximum atomic E-state index is 15.3. The van der Waals surface area contributed by atoms with Gasteiger partial charge in [-0.25, -0.2) is 13.6 Å². The first-order valence-electron chi connectivity index (χ1n) is 9.54. The van der Waals surface area contributed by atoms with Crippen molar-refractivity contribution in [3.63, 3.8) is 0 Å². The van der Waals surface area contributed by atoms with Crippen LogP contribution in [0, 0.1) is 24.5 Å². The standard InChI is InChI=1S/C19H23F2N5O5S.ClH/c1-10-5-12(3-4-13(10)20)23-18(27)17-16(21)15(8-24(17)2)26(32(30)31)14-9-25(19(28)29)7-11(14)6-22;/h3-5,8,11,14H,6-7,9,22H2,1-2H3,(H,23,27)(H,28,29)(H,30,31);1H/p-1. The number of carbonyl (C=O) groups excluding carboxylic acids is 1. The molecule has 0 spiro atoms. The maximum absolute atomic E-state index is 15.3. The molecule has 2 aromatic rings. The molecule has 0 bridgehead atoms. The zero-order valence-electron chi connectivity index (χ0n) is 17.7.